The zero-order valence-electron chi connectivity index (χ0n) is 11.8. The number of amides is 1. The van der Waals surface area contributed by atoms with Crippen LogP contribution in [-0.4, -0.2) is 30.4 Å². The van der Waals surface area contributed by atoms with Crippen LogP contribution in [0.2, 0.25) is 0 Å². The summed E-state index contributed by atoms with van der Waals surface area (Å²) in [4.78, 5) is 14.3. The first-order chi connectivity index (χ1) is 9.81. The molecule has 1 aromatic carbocycles. The van der Waals surface area contributed by atoms with Crippen molar-refractivity contribution in [1.29, 1.82) is 0 Å². The van der Waals surface area contributed by atoms with Crippen molar-refractivity contribution in [1.82, 2.24) is 10.2 Å². The highest BCUT2D eigenvalue weighted by atomic mass is 16.2. The maximum atomic E-state index is 12.3. The van der Waals surface area contributed by atoms with E-state index in [-0.39, 0.29) is 5.91 Å². The summed E-state index contributed by atoms with van der Waals surface area (Å²) in [6.45, 7) is 6.10. The van der Waals surface area contributed by atoms with Crippen LogP contribution in [0.4, 0.5) is 0 Å². The monoisotopic (exact) mass is 270 g/mol. The molecule has 1 heterocycles. The molecule has 1 saturated heterocycles. The van der Waals surface area contributed by atoms with Gasteiger partial charge in [-0.1, -0.05) is 36.4 Å². The number of hydrogen-bond acceptors (Lipinski definition) is 2. The Balaban J connectivity index is 2.14. The zero-order chi connectivity index (χ0) is 14.2. The zero-order valence-corrected chi connectivity index (χ0v) is 11.8. The van der Waals surface area contributed by atoms with Gasteiger partial charge in [0, 0.05) is 31.4 Å². The van der Waals surface area contributed by atoms with Gasteiger partial charge in [-0.2, -0.15) is 0 Å². The van der Waals surface area contributed by atoms with Gasteiger partial charge in [0.2, 0.25) is 5.91 Å². The molecule has 1 N–H and O–H groups in total. The van der Waals surface area contributed by atoms with Crippen LogP contribution in [0.3, 0.4) is 0 Å². The van der Waals surface area contributed by atoms with Gasteiger partial charge in [-0.25, -0.2) is 0 Å². The molecule has 1 fully saturated rings. The lowest BCUT2D eigenvalue weighted by atomic mass is 10.1. The number of rotatable bonds is 5. The molecule has 1 aliphatic rings. The van der Waals surface area contributed by atoms with Crippen LogP contribution in [0.5, 0.6) is 0 Å². The quantitative estimate of drug-likeness (QED) is 0.659. The highest BCUT2D eigenvalue weighted by molar-refractivity contribution is 5.94. The van der Waals surface area contributed by atoms with Gasteiger partial charge in [0.05, 0.1) is 0 Å². The topological polar surface area (TPSA) is 32.3 Å². The average molecular weight is 270 g/mol. The first kappa shape index (κ1) is 14.4. The van der Waals surface area contributed by atoms with Gasteiger partial charge < -0.3 is 10.2 Å². The number of hydrogen-bond donors (Lipinski definition) is 1. The fraction of sp³-hybridized carbons (Fsp3) is 0.353. The third kappa shape index (κ3) is 3.98. The summed E-state index contributed by atoms with van der Waals surface area (Å²) in [6, 6.07) is 9.94. The van der Waals surface area contributed by atoms with Crippen molar-refractivity contribution in [2.75, 3.05) is 19.6 Å². The SMILES string of the molecule is C=CCN/C(=C\C(=O)N1CCCCC1)c1ccccc1. The Hall–Kier alpha value is -2.03. The minimum atomic E-state index is 0.0973. The summed E-state index contributed by atoms with van der Waals surface area (Å²) < 4.78 is 0. The molecule has 1 amide bonds. The van der Waals surface area contributed by atoms with Crippen LogP contribution in [-0.2, 0) is 4.79 Å². The van der Waals surface area contributed by atoms with E-state index < -0.39 is 0 Å². The van der Waals surface area contributed by atoms with Crippen molar-refractivity contribution in [3.63, 3.8) is 0 Å². The van der Waals surface area contributed by atoms with Crippen LogP contribution < -0.4 is 5.32 Å². The predicted octanol–water partition coefficient (Wildman–Crippen LogP) is 2.82. The summed E-state index contributed by atoms with van der Waals surface area (Å²) in [7, 11) is 0. The van der Waals surface area contributed by atoms with Gasteiger partial charge in [0.15, 0.2) is 0 Å². The molecule has 0 aliphatic carbocycles. The largest absolute Gasteiger partial charge is 0.381 e. The lowest BCUT2D eigenvalue weighted by molar-refractivity contribution is -0.126. The summed E-state index contributed by atoms with van der Waals surface area (Å²) in [5.74, 6) is 0.0973. The molecule has 3 nitrogen and oxygen atoms in total. The molecule has 20 heavy (non-hydrogen) atoms. The predicted molar refractivity (Wildman–Crippen MR) is 83.0 cm³/mol. The van der Waals surface area contributed by atoms with E-state index in [1.807, 2.05) is 35.2 Å². The van der Waals surface area contributed by atoms with Crippen molar-refractivity contribution in [3.8, 4) is 0 Å². The second-order valence-electron chi connectivity index (χ2n) is 4.98. The standard InChI is InChI=1S/C17H22N2O/c1-2-11-18-16(15-9-5-3-6-10-15)14-17(20)19-12-7-4-8-13-19/h2-3,5-6,9-10,14,18H,1,4,7-8,11-13H2/b16-14-. The fourth-order valence-electron chi connectivity index (χ4n) is 2.37. The number of nitrogens with one attached hydrogen (secondary N) is 1. The maximum absolute atomic E-state index is 12.3. The second-order valence-corrected chi connectivity index (χ2v) is 4.98. The fourth-order valence-corrected chi connectivity index (χ4v) is 2.37. The minimum absolute atomic E-state index is 0.0973. The Kier molecular flexibility index (Phi) is 5.42. The van der Waals surface area contributed by atoms with Gasteiger partial charge in [-0.3, -0.25) is 4.79 Å². The van der Waals surface area contributed by atoms with Crippen molar-refractivity contribution in [2.24, 2.45) is 0 Å². The third-order valence-corrected chi connectivity index (χ3v) is 3.46. The number of piperidine rings is 1. The van der Waals surface area contributed by atoms with Crippen LogP contribution in [0.25, 0.3) is 5.70 Å². The van der Waals surface area contributed by atoms with E-state index in [0.29, 0.717) is 6.54 Å². The molecular weight excluding hydrogens is 248 g/mol. The van der Waals surface area contributed by atoms with Crippen LogP contribution >= 0.6 is 0 Å². The summed E-state index contributed by atoms with van der Waals surface area (Å²) in [6.07, 6.45) is 6.96. The molecule has 1 aliphatic heterocycles. The van der Waals surface area contributed by atoms with Crippen molar-refractivity contribution in [2.45, 2.75) is 19.3 Å². The molecule has 0 radical (unpaired) electrons. The van der Waals surface area contributed by atoms with E-state index in [2.05, 4.69) is 11.9 Å². The summed E-state index contributed by atoms with van der Waals surface area (Å²) in [5, 5.41) is 3.25. The first-order valence-corrected chi connectivity index (χ1v) is 7.22. The Morgan fingerprint density at radius 3 is 2.55 bits per heavy atom. The number of likely N-dealkylation sites (tertiary alicyclic amines) is 1. The first-order valence-electron chi connectivity index (χ1n) is 7.22. The highest BCUT2D eigenvalue weighted by Gasteiger charge is 2.15. The third-order valence-electron chi connectivity index (χ3n) is 3.46. The van der Waals surface area contributed by atoms with E-state index in [9.17, 15) is 4.79 Å². The van der Waals surface area contributed by atoms with Gasteiger partial charge in [-0.05, 0) is 24.8 Å². The second kappa shape index (κ2) is 7.53. The average Bonchev–Trinajstić information content (AvgIpc) is 2.53. The van der Waals surface area contributed by atoms with E-state index in [4.69, 9.17) is 0 Å². The number of carbonyl (C=O) groups excluding carboxylic acids is 1. The molecule has 106 valence electrons. The highest BCUT2D eigenvalue weighted by Crippen LogP contribution is 2.14. The van der Waals surface area contributed by atoms with Crippen molar-refractivity contribution in [3.05, 3.63) is 54.6 Å². The molecule has 0 saturated carbocycles. The lowest BCUT2D eigenvalue weighted by Gasteiger charge is -2.26. The Morgan fingerprint density at radius 2 is 1.90 bits per heavy atom. The normalized spacial score (nSPS) is 15.8. The maximum Gasteiger partial charge on any atom is 0.248 e. The van der Waals surface area contributed by atoms with Crippen molar-refractivity contribution >= 4 is 11.6 Å². The Labute approximate surface area is 121 Å². The molecule has 0 unspecified atom stereocenters. The van der Waals surface area contributed by atoms with Crippen LogP contribution in [0.1, 0.15) is 24.8 Å². The van der Waals surface area contributed by atoms with E-state index in [1.54, 1.807) is 12.2 Å². The van der Waals surface area contributed by atoms with E-state index >= 15 is 0 Å². The molecule has 3 heteroatoms. The number of nitrogens with zero attached hydrogens (tertiary/aromatic N) is 1. The molecule has 0 aromatic heterocycles. The van der Waals surface area contributed by atoms with Crippen LogP contribution in [0, 0.1) is 0 Å². The molecule has 1 aromatic rings. The molecule has 0 bridgehead atoms. The van der Waals surface area contributed by atoms with Gasteiger partial charge >= 0.3 is 0 Å². The Morgan fingerprint density at radius 1 is 1.20 bits per heavy atom. The summed E-state index contributed by atoms with van der Waals surface area (Å²) in [5.41, 5.74) is 1.89. The molecule has 0 spiro atoms. The van der Waals surface area contributed by atoms with E-state index in [0.717, 1.165) is 37.2 Å². The number of carbonyl (C=O) groups is 1. The van der Waals surface area contributed by atoms with Crippen molar-refractivity contribution < 1.29 is 4.79 Å². The lowest BCUT2D eigenvalue weighted by Crippen LogP contribution is -2.35. The van der Waals surface area contributed by atoms with E-state index in [1.165, 1.54) is 6.42 Å². The molecule has 0 atom stereocenters. The Bertz CT molecular complexity index is 473. The molecule has 2 rings (SSSR count). The molecular formula is C17H22N2O. The number of benzene rings is 1. The summed E-state index contributed by atoms with van der Waals surface area (Å²) >= 11 is 0. The van der Waals surface area contributed by atoms with Crippen LogP contribution in [0.15, 0.2) is 49.1 Å². The smallest absolute Gasteiger partial charge is 0.248 e. The minimum Gasteiger partial charge on any atom is -0.381 e. The van der Waals surface area contributed by atoms with Gasteiger partial charge in [0.25, 0.3) is 0 Å². The van der Waals surface area contributed by atoms with Gasteiger partial charge in [0.1, 0.15) is 0 Å². The van der Waals surface area contributed by atoms with Gasteiger partial charge in [-0.15, -0.1) is 6.58 Å².